The standard InChI is InChI=1S/C13H18N2O3/c16-9-11-4-2-1-3-7-15(11)10-5-6-12(13(17)18)14-8-10/h5-6,8,11,16H,1-4,7,9H2,(H,17,18). The van der Waals surface area contributed by atoms with Crippen molar-refractivity contribution in [1.82, 2.24) is 4.98 Å². The first-order valence-corrected chi connectivity index (χ1v) is 6.29. The Morgan fingerprint density at radius 3 is 2.83 bits per heavy atom. The number of hydrogen-bond donors (Lipinski definition) is 2. The third-order valence-corrected chi connectivity index (χ3v) is 3.39. The molecule has 0 radical (unpaired) electrons. The number of carbonyl (C=O) groups is 1. The SMILES string of the molecule is O=C(O)c1ccc(N2CCCCCC2CO)cn1. The maximum atomic E-state index is 10.7. The van der Waals surface area contributed by atoms with E-state index in [1.165, 1.54) is 12.5 Å². The molecule has 1 unspecified atom stereocenters. The van der Waals surface area contributed by atoms with Crippen LogP contribution in [0.1, 0.15) is 36.2 Å². The fourth-order valence-corrected chi connectivity index (χ4v) is 2.39. The molecule has 0 bridgehead atoms. The molecule has 0 aromatic carbocycles. The van der Waals surface area contributed by atoms with Gasteiger partial charge in [0.15, 0.2) is 0 Å². The minimum absolute atomic E-state index is 0.0501. The molecule has 0 aliphatic carbocycles. The van der Waals surface area contributed by atoms with Crippen LogP contribution < -0.4 is 4.90 Å². The van der Waals surface area contributed by atoms with Crippen molar-refractivity contribution in [2.45, 2.75) is 31.7 Å². The zero-order valence-electron chi connectivity index (χ0n) is 10.2. The zero-order chi connectivity index (χ0) is 13.0. The van der Waals surface area contributed by atoms with Crippen LogP contribution in [0.15, 0.2) is 18.3 Å². The van der Waals surface area contributed by atoms with E-state index in [-0.39, 0.29) is 18.3 Å². The number of rotatable bonds is 3. The van der Waals surface area contributed by atoms with Gasteiger partial charge in [0, 0.05) is 6.54 Å². The lowest BCUT2D eigenvalue weighted by Gasteiger charge is -2.30. The summed E-state index contributed by atoms with van der Waals surface area (Å²) < 4.78 is 0. The molecule has 0 saturated carbocycles. The molecule has 2 rings (SSSR count). The van der Waals surface area contributed by atoms with E-state index in [1.54, 1.807) is 12.3 Å². The first-order chi connectivity index (χ1) is 8.72. The summed E-state index contributed by atoms with van der Waals surface area (Å²) in [5.74, 6) is -1.02. The Balaban J connectivity index is 2.19. The Bertz CT molecular complexity index is 405. The maximum absolute atomic E-state index is 10.7. The van der Waals surface area contributed by atoms with Gasteiger partial charge in [-0.3, -0.25) is 0 Å². The Kier molecular flexibility index (Phi) is 4.15. The smallest absolute Gasteiger partial charge is 0.354 e. The second-order valence-corrected chi connectivity index (χ2v) is 4.59. The highest BCUT2D eigenvalue weighted by atomic mass is 16.4. The summed E-state index contributed by atoms with van der Waals surface area (Å²) in [7, 11) is 0. The third kappa shape index (κ3) is 2.79. The van der Waals surface area contributed by atoms with E-state index in [2.05, 4.69) is 9.88 Å². The summed E-state index contributed by atoms with van der Waals surface area (Å²) in [5.41, 5.74) is 0.940. The molecule has 98 valence electrons. The van der Waals surface area contributed by atoms with Crippen LogP contribution in [0.3, 0.4) is 0 Å². The minimum atomic E-state index is -1.02. The molecule has 2 heterocycles. The molecule has 1 aliphatic rings. The highest BCUT2D eigenvalue weighted by molar-refractivity contribution is 5.85. The molecule has 1 aromatic heterocycles. The number of carboxylic acids is 1. The fraction of sp³-hybridized carbons (Fsp3) is 0.538. The van der Waals surface area contributed by atoms with Crippen molar-refractivity contribution >= 4 is 11.7 Å². The second-order valence-electron chi connectivity index (χ2n) is 4.59. The van der Waals surface area contributed by atoms with E-state index in [4.69, 9.17) is 5.11 Å². The summed E-state index contributed by atoms with van der Waals surface area (Å²) in [4.78, 5) is 16.8. The van der Waals surface area contributed by atoms with Gasteiger partial charge < -0.3 is 15.1 Å². The first-order valence-electron chi connectivity index (χ1n) is 6.29. The summed E-state index contributed by atoms with van der Waals surface area (Å²) in [6, 6.07) is 3.39. The van der Waals surface area contributed by atoms with Gasteiger partial charge in [-0.05, 0) is 25.0 Å². The van der Waals surface area contributed by atoms with Crippen molar-refractivity contribution in [3.63, 3.8) is 0 Å². The molecule has 5 nitrogen and oxygen atoms in total. The van der Waals surface area contributed by atoms with Crippen molar-refractivity contribution in [3.05, 3.63) is 24.0 Å². The lowest BCUT2D eigenvalue weighted by atomic mass is 10.1. The van der Waals surface area contributed by atoms with E-state index in [1.807, 2.05) is 0 Å². The summed E-state index contributed by atoms with van der Waals surface area (Å²) in [6.45, 7) is 1.01. The first kappa shape index (κ1) is 12.8. The van der Waals surface area contributed by atoms with Gasteiger partial charge in [-0.25, -0.2) is 9.78 Å². The predicted molar refractivity (Wildman–Crippen MR) is 67.9 cm³/mol. The number of aromatic nitrogens is 1. The van der Waals surface area contributed by atoms with Gasteiger partial charge >= 0.3 is 5.97 Å². The molecule has 0 spiro atoms. The fourth-order valence-electron chi connectivity index (χ4n) is 2.39. The molecule has 2 N–H and O–H groups in total. The largest absolute Gasteiger partial charge is 0.477 e. The lowest BCUT2D eigenvalue weighted by molar-refractivity contribution is 0.0690. The topological polar surface area (TPSA) is 73.7 Å². The number of hydrogen-bond acceptors (Lipinski definition) is 4. The Hall–Kier alpha value is -1.62. The number of nitrogens with zero attached hydrogens (tertiary/aromatic N) is 2. The van der Waals surface area contributed by atoms with Crippen LogP contribution in [-0.4, -0.2) is 40.4 Å². The Morgan fingerprint density at radius 1 is 1.39 bits per heavy atom. The van der Waals surface area contributed by atoms with Gasteiger partial charge in [-0.2, -0.15) is 0 Å². The Labute approximate surface area is 106 Å². The molecular weight excluding hydrogens is 232 g/mol. The van der Waals surface area contributed by atoms with E-state index in [0.717, 1.165) is 31.5 Å². The highest BCUT2D eigenvalue weighted by Crippen LogP contribution is 2.23. The van der Waals surface area contributed by atoms with Crippen LogP contribution in [0, 0.1) is 0 Å². The quantitative estimate of drug-likeness (QED) is 0.850. The number of aliphatic hydroxyl groups is 1. The van der Waals surface area contributed by atoms with Crippen molar-refractivity contribution in [3.8, 4) is 0 Å². The molecule has 5 heteroatoms. The van der Waals surface area contributed by atoms with Crippen molar-refractivity contribution in [2.75, 3.05) is 18.1 Å². The number of aromatic carboxylic acids is 1. The number of anilines is 1. The number of carboxylic acid groups (broad SMARTS) is 1. The summed E-state index contributed by atoms with van der Waals surface area (Å²) in [6.07, 6.45) is 5.95. The van der Waals surface area contributed by atoms with Gasteiger partial charge in [0.25, 0.3) is 0 Å². The van der Waals surface area contributed by atoms with Gasteiger partial charge in [0.05, 0.1) is 24.5 Å². The molecule has 1 aromatic rings. The van der Waals surface area contributed by atoms with E-state index < -0.39 is 5.97 Å². The lowest BCUT2D eigenvalue weighted by Crippen LogP contribution is -2.37. The number of pyridine rings is 1. The molecule has 18 heavy (non-hydrogen) atoms. The van der Waals surface area contributed by atoms with Gasteiger partial charge in [0.2, 0.25) is 0 Å². The second kappa shape index (κ2) is 5.82. The monoisotopic (exact) mass is 250 g/mol. The van der Waals surface area contributed by atoms with Crippen molar-refractivity contribution in [1.29, 1.82) is 0 Å². The molecule has 1 atom stereocenters. The molecule has 1 aliphatic heterocycles. The minimum Gasteiger partial charge on any atom is -0.477 e. The predicted octanol–water partition coefficient (Wildman–Crippen LogP) is 1.52. The van der Waals surface area contributed by atoms with Gasteiger partial charge in [-0.15, -0.1) is 0 Å². The van der Waals surface area contributed by atoms with Crippen LogP contribution in [0.4, 0.5) is 5.69 Å². The average molecular weight is 250 g/mol. The highest BCUT2D eigenvalue weighted by Gasteiger charge is 2.21. The van der Waals surface area contributed by atoms with Crippen LogP contribution in [0.5, 0.6) is 0 Å². The number of aliphatic hydroxyl groups excluding tert-OH is 1. The van der Waals surface area contributed by atoms with E-state index in [0.29, 0.717) is 0 Å². The molecular formula is C13H18N2O3. The van der Waals surface area contributed by atoms with Crippen molar-refractivity contribution < 1.29 is 15.0 Å². The van der Waals surface area contributed by atoms with E-state index >= 15 is 0 Å². The molecule has 0 amide bonds. The normalized spacial score (nSPS) is 20.5. The summed E-state index contributed by atoms with van der Waals surface area (Å²) >= 11 is 0. The summed E-state index contributed by atoms with van der Waals surface area (Å²) in [5, 5.41) is 18.2. The van der Waals surface area contributed by atoms with Crippen LogP contribution in [0.2, 0.25) is 0 Å². The van der Waals surface area contributed by atoms with Crippen molar-refractivity contribution in [2.24, 2.45) is 0 Å². The zero-order valence-corrected chi connectivity index (χ0v) is 10.2. The maximum Gasteiger partial charge on any atom is 0.354 e. The van der Waals surface area contributed by atoms with Gasteiger partial charge in [-0.1, -0.05) is 12.8 Å². The van der Waals surface area contributed by atoms with Crippen LogP contribution >= 0.6 is 0 Å². The van der Waals surface area contributed by atoms with E-state index in [9.17, 15) is 9.90 Å². The Morgan fingerprint density at radius 2 is 2.22 bits per heavy atom. The third-order valence-electron chi connectivity index (χ3n) is 3.39. The van der Waals surface area contributed by atoms with Crippen LogP contribution in [-0.2, 0) is 0 Å². The van der Waals surface area contributed by atoms with Crippen LogP contribution in [0.25, 0.3) is 0 Å². The van der Waals surface area contributed by atoms with Gasteiger partial charge in [0.1, 0.15) is 5.69 Å². The molecule has 1 saturated heterocycles. The molecule has 1 fully saturated rings. The average Bonchev–Trinajstić information content (AvgIpc) is 2.63.